The van der Waals surface area contributed by atoms with E-state index in [2.05, 4.69) is 15.3 Å². The van der Waals surface area contributed by atoms with Gasteiger partial charge in [0, 0.05) is 0 Å². The second-order valence-electron chi connectivity index (χ2n) is 2.35. The zero-order chi connectivity index (χ0) is 7.84. The van der Waals surface area contributed by atoms with Gasteiger partial charge in [-0.05, 0) is 18.6 Å². The van der Waals surface area contributed by atoms with E-state index in [1.54, 1.807) is 4.52 Å². The van der Waals surface area contributed by atoms with E-state index in [9.17, 15) is 0 Å². The van der Waals surface area contributed by atoms with E-state index < -0.39 is 0 Å². The Morgan fingerprint density at radius 3 is 3.18 bits per heavy atom. The summed E-state index contributed by atoms with van der Waals surface area (Å²) in [5.41, 5.74) is 7.20. The summed E-state index contributed by atoms with van der Waals surface area (Å²) in [5.74, 6) is 0.511. The van der Waals surface area contributed by atoms with Crippen LogP contribution in [0.25, 0.3) is 5.65 Å². The fraction of sp³-hybridized carbons (Fsp3) is 0.167. The van der Waals surface area contributed by atoms with Gasteiger partial charge < -0.3 is 5.73 Å². The van der Waals surface area contributed by atoms with Crippen LogP contribution in [0, 0.1) is 6.92 Å². The number of nitrogens with two attached hydrogens (primary N) is 1. The summed E-state index contributed by atoms with van der Waals surface area (Å²) in [5, 5.41) is 11.5. The topological polar surface area (TPSA) is 69.1 Å². The highest BCUT2D eigenvalue weighted by Gasteiger charge is 1.99. The van der Waals surface area contributed by atoms with Gasteiger partial charge in [-0.15, -0.1) is 15.3 Å². The van der Waals surface area contributed by atoms with Crippen LogP contribution in [0.1, 0.15) is 5.56 Å². The van der Waals surface area contributed by atoms with E-state index in [0.29, 0.717) is 5.82 Å². The molecular formula is C6H7N5. The lowest BCUT2D eigenvalue weighted by Gasteiger charge is -1.96. The van der Waals surface area contributed by atoms with Gasteiger partial charge in [0.1, 0.15) is 12.1 Å². The minimum atomic E-state index is 0.511. The van der Waals surface area contributed by atoms with Gasteiger partial charge in [-0.2, -0.15) is 4.52 Å². The van der Waals surface area contributed by atoms with Crippen molar-refractivity contribution in [2.24, 2.45) is 0 Å². The molecule has 0 aromatic carbocycles. The van der Waals surface area contributed by atoms with Crippen LogP contribution in [0.15, 0.2) is 12.4 Å². The predicted molar refractivity (Wildman–Crippen MR) is 39.9 cm³/mol. The van der Waals surface area contributed by atoms with Crippen LogP contribution >= 0.6 is 0 Å². The Morgan fingerprint density at radius 1 is 1.55 bits per heavy atom. The van der Waals surface area contributed by atoms with Crippen molar-refractivity contribution in [1.82, 2.24) is 19.8 Å². The lowest BCUT2D eigenvalue weighted by atomic mass is 10.3. The third-order valence-electron chi connectivity index (χ3n) is 1.52. The molecule has 5 nitrogen and oxygen atoms in total. The second-order valence-corrected chi connectivity index (χ2v) is 2.35. The van der Waals surface area contributed by atoms with E-state index in [1.807, 2.05) is 13.0 Å². The van der Waals surface area contributed by atoms with Crippen LogP contribution < -0.4 is 5.73 Å². The van der Waals surface area contributed by atoms with Gasteiger partial charge in [-0.3, -0.25) is 0 Å². The average molecular weight is 149 g/mol. The summed E-state index contributed by atoms with van der Waals surface area (Å²) < 4.78 is 1.54. The number of anilines is 1. The molecular weight excluding hydrogens is 142 g/mol. The molecule has 0 aliphatic heterocycles. The van der Waals surface area contributed by atoms with Gasteiger partial charge in [0.25, 0.3) is 0 Å². The number of fused-ring (bicyclic) bond motifs is 1. The monoisotopic (exact) mass is 149 g/mol. The van der Waals surface area contributed by atoms with Gasteiger partial charge in [-0.25, -0.2) is 0 Å². The minimum Gasteiger partial charge on any atom is -0.382 e. The van der Waals surface area contributed by atoms with Crippen molar-refractivity contribution >= 4 is 11.5 Å². The number of aryl methyl sites for hydroxylation is 1. The Kier molecular flexibility index (Phi) is 1.06. The zero-order valence-corrected chi connectivity index (χ0v) is 6.02. The smallest absolute Gasteiger partial charge is 0.177 e. The summed E-state index contributed by atoms with van der Waals surface area (Å²) in [7, 11) is 0. The van der Waals surface area contributed by atoms with Crippen LogP contribution in [-0.2, 0) is 0 Å². The molecule has 11 heavy (non-hydrogen) atoms. The van der Waals surface area contributed by atoms with E-state index in [-0.39, 0.29) is 0 Å². The number of rotatable bonds is 0. The van der Waals surface area contributed by atoms with E-state index >= 15 is 0 Å². The van der Waals surface area contributed by atoms with Crippen LogP contribution in [0.5, 0.6) is 0 Å². The maximum Gasteiger partial charge on any atom is 0.177 e. The molecule has 0 saturated carbocycles. The highest BCUT2D eigenvalue weighted by molar-refractivity contribution is 5.47. The number of aromatic nitrogens is 4. The van der Waals surface area contributed by atoms with Crippen molar-refractivity contribution in [2.45, 2.75) is 6.92 Å². The van der Waals surface area contributed by atoms with Crippen molar-refractivity contribution in [1.29, 1.82) is 0 Å². The largest absolute Gasteiger partial charge is 0.382 e. The first-order chi connectivity index (χ1) is 5.27. The number of nitrogens with zero attached hydrogens (tertiary/aromatic N) is 4. The van der Waals surface area contributed by atoms with Gasteiger partial charge in [0.15, 0.2) is 5.65 Å². The van der Waals surface area contributed by atoms with Crippen LogP contribution in [0.3, 0.4) is 0 Å². The molecule has 0 aliphatic carbocycles. The Labute approximate surface area is 62.9 Å². The zero-order valence-electron chi connectivity index (χ0n) is 6.02. The molecule has 2 N–H and O–H groups in total. The van der Waals surface area contributed by atoms with E-state index in [1.165, 1.54) is 6.33 Å². The minimum absolute atomic E-state index is 0.511. The molecule has 0 radical (unpaired) electrons. The number of hydrogen-bond donors (Lipinski definition) is 1. The van der Waals surface area contributed by atoms with Gasteiger partial charge in [-0.1, -0.05) is 0 Å². The van der Waals surface area contributed by atoms with E-state index in [4.69, 9.17) is 5.73 Å². The molecule has 2 aromatic heterocycles. The van der Waals surface area contributed by atoms with Crippen LogP contribution in [0.2, 0.25) is 0 Å². The van der Waals surface area contributed by atoms with Crippen LogP contribution in [-0.4, -0.2) is 19.8 Å². The van der Waals surface area contributed by atoms with Crippen molar-refractivity contribution in [3.8, 4) is 0 Å². The highest BCUT2D eigenvalue weighted by atomic mass is 15.3. The lowest BCUT2D eigenvalue weighted by Crippen LogP contribution is -1.99. The first-order valence-electron chi connectivity index (χ1n) is 3.20. The maximum absolute atomic E-state index is 5.56. The van der Waals surface area contributed by atoms with Gasteiger partial charge in [0.05, 0.1) is 0 Å². The molecule has 0 unspecified atom stereocenters. The Morgan fingerprint density at radius 2 is 2.36 bits per heavy atom. The van der Waals surface area contributed by atoms with E-state index in [0.717, 1.165) is 11.2 Å². The van der Waals surface area contributed by atoms with Crippen molar-refractivity contribution in [2.75, 3.05) is 5.73 Å². The Balaban J connectivity index is 2.86. The standard InChI is InChI=1S/C6H7N5/c1-4-2-5-9-8-3-11(5)10-6(4)7/h2-3H,1H3,(H2,7,10). The SMILES string of the molecule is Cc1cc2nncn2nc1N. The highest BCUT2D eigenvalue weighted by Crippen LogP contribution is 2.07. The van der Waals surface area contributed by atoms with Crippen molar-refractivity contribution in [3.63, 3.8) is 0 Å². The summed E-state index contributed by atoms with van der Waals surface area (Å²) in [6.45, 7) is 1.89. The Bertz CT molecular complexity index is 355. The molecule has 2 aromatic rings. The molecule has 0 bridgehead atoms. The molecule has 5 heteroatoms. The first-order valence-corrected chi connectivity index (χ1v) is 3.20. The fourth-order valence-corrected chi connectivity index (χ4v) is 0.873. The lowest BCUT2D eigenvalue weighted by molar-refractivity contribution is 0.928. The molecule has 0 atom stereocenters. The molecule has 56 valence electrons. The molecule has 0 amide bonds. The predicted octanol–water partition coefficient (Wildman–Crippen LogP) is 0.0149. The maximum atomic E-state index is 5.56. The fourth-order valence-electron chi connectivity index (χ4n) is 0.873. The van der Waals surface area contributed by atoms with Gasteiger partial charge in [0.2, 0.25) is 0 Å². The molecule has 0 fully saturated rings. The summed E-state index contributed by atoms with van der Waals surface area (Å²) in [4.78, 5) is 0. The third-order valence-corrected chi connectivity index (χ3v) is 1.52. The summed E-state index contributed by atoms with van der Waals surface area (Å²) >= 11 is 0. The summed E-state index contributed by atoms with van der Waals surface area (Å²) in [6, 6.07) is 1.84. The third kappa shape index (κ3) is 0.813. The normalized spacial score (nSPS) is 10.6. The molecule has 2 rings (SSSR count). The molecule has 0 aliphatic rings. The average Bonchev–Trinajstić information content (AvgIpc) is 2.36. The second kappa shape index (κ2) is 1.91. The molecule has 0 spiro atoms. The first kappa shape index (κ1) is 6.09. The number of hydrogen-bond acceptors (Lipinski definition) is 4. The Hall–Kier alpha value is -1.65. The summed E-state index contributed by atoms with van der Waals surface area (Å²) in [6.07, 6.45) is 1.52. The quantitative estimate of drug-likeness (QED) is 0.573. The molecule has 2 heterocycles. The number of nitrogen functional groups attached to an aromatic ring is 1. The van der Waals surface area contributed by atoms with Crippen LogP contribution in [0.4, 0.5) is 5.82 Å². The van der Waals surface area contributed by atoms with Crippen molar-refractivity contribution < 1.29 is 0 Å². The molecule has 0 saturated heterocycles. The van der Waals surface area contributed by atoms with Gasteiger partial charge >= 0.3 is 0 Å². The van der Waals surface area contributed by atoms with Crippen molar-refractivity contribution in [3.05, 3.63) is 18.0 Å².